The Morgan fingerprint density at radius 2 is 1.95 bits per heavy atom. The summed E-state index contributed by atoms with van der Waals surface area (Å²) in [6, 6.07) is 15.1. The maximum Gasteiger partial charge on any atom is 0.258 e. The number of hydrogen-bond acceptors (Lipinski definition) is 2. The van der Waals surface area contributed by atoms with Crippen LogP contribution in [0.2, 0.25) is 0 Å². The normalized spacial score (nSPS) is 9.67. The zero-order valence-corrected chi connectivity index (χ0v) is 12.3. The maximum absolute atomic E-state index is 12.5. The second-order valence-corrected chi connectivity index (χ2v) is 4.79. The SMILES string of the molecule is Cc1cccc(N(C)C(=O)c2cccc(C#CCN)c2)c1. The maximum atomic E-state index is 12.5. The van der Waals surface area contributed by atoms with Gasteiger partial charge in [-0.05, 0) is 42.8 Å². The fraction of sp³-hybridized carbons (Fsp3) is 0.167. The van der Waals surface area contributed by atoms with Crippen LogP contribution in [0.15, 0.2) is 48.5 Å². The summed E-state index contributed by atoms with van der Waals surface area (Å²) in [5.74, 6) is 5.68. The lowest BCUT2D eigenvalue weighted by Crippen LogP contribution is -2.26. The molecule has 0 aliphatic rings. The minimum absolute atomic E-state index is 0.0583. The average molecular weight is 278 g/mol. The molecule has 0 spiro atoms. The van der Waals surface area contributed by atoms with Gasteiger partial charge in [-0.3, -0.25) is 4.79 Å². The van der Waals surface area contributed by atoms with Crippen molar-refractivity contribution in [3.8, 4) is 11.8 Å². The van der Waals surface area contributed by atoms with Crippen molar-refractivity contribution in [2.75, 3.05) is 18.5 Å². The lowest BCUT2D eigenvalue weighted by atomic mass is 10.1. The number of nitrogens with zero attached hydrogens (tertiary/aromatic N) is 1. The van der Waals surface area contributed by atoms with Crippen molar-refractivity contribution in [2.24, 2.45) is 5.73 Å². The molecule has 0 aliphatic carbocycles. The van der Waals surface area contributed by atoms with E-state index in [1.807, 2.05) is 43.3 Å². The van der Waals surface area contributed by atoms with E-state index in [4.69, 9.17) is 5.73 Å². The van der Waals surface area contributed by atoms with Gasteiger partial charge in [0.2, 0.25) is 0 Å². The van der Waals surface area contributed by atoms with E-state index >= 15 is 0 Å². The lowest BCUT2D eigenvalue weighted by Gasteiger charge is -2.18. The Bertz CT molecular complexity index is 710. The Morgan fingerprint density at radius 1 is 1.19 bits per heavy atom. The van der Waals surface area contributed by atoms with Gasteiger partial charge in [-0.15, -0.1) is 0 Å². The number of amides is 1. The molecule has 0 heterocycles. The third-order valence-corrected chi connectivity index (χ3v) is 3.14. The van der Waals surface area contributed by atoms with E-state index in [0.717, 1.165) is 16.8 Å². The number of rotatable bonds is 2. The number of benzene rings is 2. The predicted octanol–water partition coefficient (Wildman–Crippen LogP) is 2.58. The van der Waals surface area contributed by atoms with Gasteiger partial charge in [-0.2, -0.15) is 0 Å². The number of hydrogen-bond donors (Lipinski definition) is 1. The van der Waals surface area contributed by atoms with Crippen LogP contribution in [0.3, 0.4) is 0 Å². The molecular weight excluding hydrogens is 260 g/mol. The van der Waals surface area contributed by atoms with Crippen LogP contribution in [0.4, 0.5) is 5.69 Å². The molecular formula is C18H18N2O. The third kappa shape index (κ3) is 3.71. The summed E-state index contributed by atoms with van der Waals surface area (Å²) < 4.78 is 0. The topological polar surface area (TPSA) is 46.3 Å². The summed E-state index contributed by atoms with van der Waals surface area (Å²) in [5, 5.41) is 0. The minimum Gasteiger partial charge on any atom is -0.320 e. The van der Waals surface area contributed by atoms with E-state index in [1.54, 1.807) is 24.1 Å². The quantitative estimate of drug-likeness (QED) is 0.858. The Balaban J connectivity index is 2.27. The summed E-state index contributed by atoms with van der Waals surface area (Å²) in [4.78, 5) is 14.2. The second-order valence-electron chi connectivity index (χ2n) is 4.79. The van der Waals surface area contributed by atoms with Crippen LogP contribution >= 0.6 is 0 Å². The Morgan fingerprint density at radius 3 is 2.67 bits per heavy atom. The van der Waals surface area contributed by atoms with Crippen LogP contribution in [0.25, 0.3) is 0 Å². The summed E-state index contributed by atoms with van der Waals surface area (Å²) in [6.45, 7) is 2.31. The zero-order valence-electron chi connectivity index (χ0n) is 12.3. The second kappa shape index (κ2) is 6.74. The first-order valence-electron chi connectivity index (χ1n) is 6.75. The van der Waals surface area contributed by atoms with Crippen molar-refractivity contribution in [1.29, 1.82) is 0 Å². The van der Waals surface area contributed by atoms with E-state index < -0.39 is 0 Å². The predicted molar refractivity (Wildman–Crippen MR) is 86.3 cm³/mol. The van der Waals surface area contributed by atoms with Crippen LogP contribution < -0.4 is 10.6 Å². The van der Waals surface area contributed by atoms with Crippen molar-refractivity contribution in [3.05, 3.63) is 65.2 Å². The first kappa shape index (κ1) is 14.8. The van der Waals surface area contributed by atoms with Crippen molar-refractivity contribution >= 4 is 11.6 Å². The average Bonchev–Trinajstić information content (AvgIpc) is 2.51. The minimum atomic E-state index is -0.0583. The van der Waals surface area contributed by atoms with Crippen molar-refractivity contribution in [1.82, 2.24) is 0 Å². The highest BCUT2D eigenvalue weighted by Crippen LogP contribution is 2.17. The number of carbonyl (C=O) groups is 1. The molecule has 0 unspecified atom stereocenters. The summed E-state index contributed by atoms with van der Waals surface area (Å²) >= 11 is 0. The summed E-state index contributed by atoms with van der Waals surface area (Å²) in [7, 11) is 1.77. The highest BCUT2D eigenvalue weighted by atomic mass is 16.2. The van der Waals surface area contributed by atoms with Gasteiger partial charge in [0, 0.05) is 23.9 Å². The van der Waals surface area contributed by atoms with Crippen molar-refractivity contribution in [2.45, 2.75) is 6.92 Å². The van der Waals surface area contributed by atoms with Crippen molar-refractivity contribution < 1.29 is 4.79 Å². The molecule has 2 rings (SSSR count). The molecule has 1 amide bonds. The smallest absolute Gasteiger partial charge is 0.258 e. The summed E-state index contributed by atoms with van der Waals surface area (Å²) in [6.07, 6.45) is 0. The molecule has 0 radical (unpaired) electrons. The highest BCUT2D eigenvalue weighted by Gasteiger charge is 2.13. The van der Waals surface area contributed by atoms with Gasteiger partial charge in [-0.1, -0.05) is 30.0 Å². The monoisotopic (exact) mass is 278 g/mol. The van der Waals surface area contributed by atoms with Gasteiger partial charge in [0.05, 0.1) is 6.54 Å². The first-order chi connectivity index (χ1) is 10.1. The molecule has 0 aromatic heterocycles. The van der Waals surface area contributed by atoms with E-state index in [1.165, 1.54) is 0 Å². The molecule has 21 heavy (non-hydrogen) atoms. The van der Waals surface area contributed by atoms with Crippen molar-refractivity contribution in [3.63, 3.8) is 0 Å². The molecule has 2 N–H and O–H groups in total. The molecule has 0 saturated heterocycles. The standard InChI is InChI=1S/C18H18N2O/c1-14-6-3-10-17(12-14)20(2)18(21)16-9-4-7-15(13-16)8-5-11-19/h3-4,6-7,9-10,12-13H,11,19H2,1-2H3. The highest BCUT2D eigenvalue weighted by molar-refractivity contribution is 6.05. The molecule has 0 saturated carbocycles. The molecule has 0 atom stereocenters. The summed E-state index contributed by atoms with van der Waals surface area (Å²) in [5.41, 5.74) is 8.77. The van der Waals surface area contributed by atoms with Crippen LogP contribution in [0, 0.1) is 18.8 Å². The number of aryl methyl sites for hydroxylation is 1. The van der Waals surface area contributed by atoms with Crippen LogP contribution in [0.1, 0.15) is 21.5 Å². The number of anilines is 1. The molecule has 0 bridgehead atoms. The number of nitrogens with two attached hydrogens (primary N) is 1. The van der Waals surface area contributed by atoms with Crippen LogP contribution in [-0.4, -0.2) is 19.5 Å². The molecule has 2 aromatic rings. The largest absolute Gasteiger partial charge is 0.320 e. The molecule has 0 aliphatic heterocycles. The van der Waals surface area contributed by atoms with Crippen LogP contribution in [0.5, 0.6) is 0 Å². The molecule has 2 aromatic carbocycles. The van der Waals surface area contributed by atoms with Gasteiger partial charge < -0.3 is 10.6 Å². The van der Waals surface area contributed by atoms with E-state index in [0.29, 0.717) is 12.1 Å². The van der Waals surface area contributed by atoms with Gasteiger partial charge >= 0.3 is 0 Å². The Kier molecular flexibility index (Phi) is 4.76. The van der Waals surface area contributed by atoms with Gasteiger partial charge in [0.15, 0.2) is 0 Å². The fourth-order valence-electron chi connectivity index (χ4n) is 2.03. The molecule has 3 nitrogen and oxygen atoms in total. The fourth-order valence-corrected chi connectivity index (χ4v) is 2.03. The first-order valence-corrected chi connectivity index (χ1v) is 6.75. The molecule has 0 fully saturated rings. The molecule has 106 valence electrons. The van der Waals surface area contributed by atoms with E-state index in [2.05, 4.69) is 11.8 Å². The lowest BCUT2D eigenvalue weighted by molar-refractivity contribution is 0.0993. The molecule has 3 heteroatoms. The van der Waals surface area contributed by atoms with Gasteiger partial charge in [0.25, 0.3) is 5.91 Å². The number of carbonyl (C=O) groups excluding carboxylic acids is 1. The Hall–Kier alpha value is -2.57. The zero-order chi connectivity index (χ0) is 15.2. The van der Waals surface area contributed by atoms with Gasteiger partial charge in [-0.25, -0.2) is 0 Å². The Labute approximate surface area is 125 Å². The van der Waals surface area contributed by atoms with E-state index in [-0.39, 0.29) is 5.91 Å². The third-order valence-electron chi connectivity index (χ3n) is 3.14. The van der Waals surface area contributed by atoms with Gasteiger partial charge in [0.1, 0.15) is 0 Å². The van der Waals surface area contributed by atoms with Crippen LogP contribution in [-0.2, 0) is 0 Å². The van der Waals surface area contributed by atoms with E-state index in [9.17, 15) is 4.79 Å².